The largest absolute Gasteiger partial charge is 0.344 e. The van der Waals surface area contributed by atoms with E-state index in [9.17, 15) is 9.59 Å². The predicted molar refractivity (Wildman–Crippen MR) is 108 cm³/mol. The lowest BCUT2D eigenvalue weighted by molar-refractivity contribution is -0.130. The maximum absolute atomic E-state index is 13.0. The average Bonchev–Trinajstić information content (AvgIpc) is 3.04. The highest BCUT2D eigenvalue weighted by atomic mass is 16.2. The molecule has 0 heterocycles. The molecule has 0 spiro atoms. The number of allylic oxidation sites excluding steroid dienone is 1. The van der Waals surface area contributed by atoms with E-state index in [2.05, 4.69) is 23.5 Å². The van der Waals surface area contributed by atoms with Crippen molar-refractivity contribution in [1.82, 2.24) is 5.32 Å². The van der Waals surface area contributed by atoms with Crippen molar-refractivity contribution in [2.75, 3.05) is 0 Å². The van der Waals surface area contributed by atoms with Crippen molar-refractivity contribution < 1.29 is 9.59 Å². The number of carbonyl (C=O) groups excluding carboxylic acids is 2. The lowest BCUT2D eigenvalue weighted by Gasteiger charge is -2.24. The van der Waals surface area contributed by atoms with Crippen molar-refractivity contribution in [3.05, 3.63) is 77.4 Å². The predicted octanol–water partition coefficient (Wildman–Crippen LogP) is 3.05. The Morgan fingerprint density at radius 1 is 1.07 bits per heavy atom. The molecule has 1 unspecified atom stereocenters. The molecule has 1 atom stereocenters. The molecule has 0 bridgehead atoms. The summed E-state index contributed by atoms with van der Waals surface area (Å²) in [4.78, 5) is 25.4. The van der Waals surface area contributed by atoms with E-state index in [0.717, 1.165) is 23.1 Å². The van der Waals surface area contributed by atoms with Crippen LogP contribution in [0.1, 0.15) is 37.0 Å². The standard InChI is InChI=1S/C23H26N2O2/c1-23(2,24)22(27)25-20(21(26)14-16-8-4-3-5-9-16)15-18-13-12-17-10-6-7-11-19(17)18/h3-11,13,20H,12,14-15,24H2,1-2H3,(H,25,27). The fraction of sp³-hybridized carbons (Fsp3) is 0.304. The second kappa shape index (κ2) is 7.89. The second-order valence-electron chi connectivity index (χ2n) is 7.67. The van der Waals surface area contributed by atoms with E-state index < -0.39 is 11.6 Å². The number of hydrogen-bond donors (Lipinski definition) is 2. The van der Waals surface area contributed by atoms with Gasteiger partial charge in [-0.2, -0.15) is 0 Å². The van der Waals surface area contributed by atoms with Crippen LogP contribution in [0.2, 0.25) is 0 Å². The van der Waals surface area contributed by atoms with Crippen LogP contribution in [0, 0.1) is 0 Å². The number of benzene rings is 2. The van der Waals surface area contributed by atoms with E-state index in [1.165, 1.54) is 5.56 Å². The Bertz CT molecular complexity index is 863. The molecule has 4 nitrogen and oxygen atoms in total. The Hall–Kier alpha value is -2.72. The van der Waals surface area contributed by atoms with Crippen LogP contribution in [0.5, 0.6) is 0 Å². The van der Waals surface area contributed by atoms with Gasteiger partial charge in [0.15, 0.2) is 5.78 Å². The molecule has 140 valence electrons. The molecular formula is C23H26N2O2. The van der Waals surface area contributed by atoms with Gasteiger partial charge < -0.3 is 11.1 Å². The summed E-state index contributed by atoms with van der Waals surface area (Å²) in [6.07, 6.45) is 3.77. The van der Waals surface area contributed by atoms with Gasteiger partial charge in [-0.05, 0) is 42.5 Å². The first-order valence-corrected chi connectivity index (χ1v) is 9.28. The molecule has 1 aliphatic rings. The Labute approximate surface area is 160 Å². The van der Waals surface area contributed by atoms with Crippen LogP contribution in [0.15, 0.2) is 60.7 Å². The third kappa shape index (κ3) is 4.72. The van der Waals surface area contributed by atoms with Crippen LogP contribution in [0.25, 0.3) is 5.57 Å². The molecule has 0 fully saturated rings. The first kappa shape index (κ1) is 19.1. The summed E-state index contributed by atoms with van der Waals surface area (Å²) in [7, 11) is 0. The van der Waals surface area contributed by atoms with E-state index in [-0.39, 0.29) is 18.1 Å². The van der Waals surface area contributed by atoms with E-state index in [1.807, 2.05) is 42.5 Å². The molecule has 3 N–H and O–H groups in total. The lowest BCUT2D eigenvalue weighted by atomic mass is 9.94. The maximum atomic E-state index is 13.0. The summed E-state index contributed by atoms with van der Waals surface area (Å²) < 4.78 is 0. The highest BCUT2D eigenvalue weighted by Gasteiger charge is 2.29. The SMILES string of the molecule is CC(C)(N)C(=O)NC(CC1=CCc2ccccc21)C(=O)Cc1ccccc1. The number of ketones is 1. The highest BCUT2D eigenvalue weighted by Crippen LogP contribution is 2.30. The van der Waals surface area contributed by atoms with E-state index in [0.29, 0.717) is 6.42 Å². The second-order valence-corrected chi connectivity index (χ2v) is 7.67. The third-order valence-electron chi connectivity index (χ3n) is 4.86. The van der Waals surface area contributed by atoms with Crippen molar-refractivity contribution in [2.45, 2.75) is 44.7 Å². The van der Waals surface area contributed by atoms with Crippen molar-refractivity contribution in [1.29, 1.82) is 0 Å². The number of Topliss-reactive ketones (excluding diaryl/α,β-unsaturated/α-hetero) is 1. The molecule has 1 amide bonds. The molecule has 27 heavy (non-hydrogen) atoms. The molecule has 0 saturated heterocycles. The Morgan fingerprint density at radius 3 is 2.44 bits per heavy atom. The molecule has 0 saturated carbocycles. The molecular weight excluding hydrogens is 336 g/mol. The van der Waals surface area contributed by atoms with Crippen molar-refractivity contribution in [2.24, 2.45) is 5.73 Å². The van der Waals surface area contributed by atoms with Crippen LogP contribution in [-0.2, 0) is 22.4 Å². The van der Waals surface area contributed by atoms with Crippen LogP contribution in [-0.4, -0.2) is 23.3 Å². The minimum absolute atomic E-state index is 0.0101. The zero-order chi connectivity index (χ0) is 19.4. The molecule has 1 aliphatic carbocycles. The van der Waals surface area contributed by atoms with Crippen LogP contribution < -0.4 is 11.1 Å². The van der Waals surface area contributed by atoms with Gasteiger partial charge in [-0.3, -0.25) is 9.59 Å². The monoisotopic (exact) mass is 362 g/mol. The number of fused-ring (bicyclic) bond motifs is 1. The van der Waals surface area contributed by atoms with Gasteiger partial charge >= 0.3 is 0 Å². The number of nitrogens with one attached hydrogen (secondary N) is 1. The summed E-state index contributed by atoms with van der Waals surface area (Å²) >= 11 is 0. The van der Waals surface area contributed by atoms with Gasteiger partial charge in [-0.25, -0.2) is 0 Å². The first-order valence-electron chi connectivity index (χ1n) is 9.28. The zero-order valence-corrected chi connectivity index (χ0v) is 15.9. The van der Waals surface area contributed by atoms with E-state index in [4.69, 9.17) is 5.73 Å². The summed E-state index contributed by atoms with van der Waals surface area (Å²) in [5.74, 6) is -0.329. The molecule has 0 aliphatic heterocycles. The number of hydrogen-bond acceptors (Lipinski definition) is 3. The Kier molecular flexibility index (Phi) is 5.57. The molecule has 4 heteroatoms. The van der Waals surface area contributed by atoms with Gasteiger partial charge in [-0.1, -0.05) is 60.7 Å². The van der Waals surface area contributed by atoms with E-state index in [1.54, 1.807) is 13.8 Å². The Morgan fingerprint density at radius 2 is 1.74 bits per heavy atom. The van der Waals surface area contributed by atoms with Crippen LogP contribution in [0.3, 0.4) is 0 Å². The third-order valence-corrected chi connectivity index (χ3v) is 4.86. The fourth-order valence-electron chi connectivity index (χ4n) is 3.28. The number of nitrogens with two attached hydrogens (primary N) is 1. The van der Waals surface area contributed by atoms with Crippen molar-refractivity contribution in [3.63, 3.8) is 0 Å². The zero-order valence-electron chi connectivity index (χ0n) is 15.9. The van der Waals surface area contributed by atoms with Gasteiger partial charge in [-0.15, -0.1) is 0 Å². The molecule has 0 aromatic heterocycles. The number of amides is 1. The highest BCUT2D eigenvalue weighted by molar-refractivity contribution is 5.94. The lowest BCUT2D eigenvalue weighted by Crippen LogP contribution is -2.54. The summed E-state index contributed by atoms with van der Waals surface area (Å²) in [5, 5.41) is 2.88. The van der Waals surface area contributed by atoms with Gasteiger partial charge in [0.25, 0.3) is 0 Å². The normalized spacial score (nSPS) is 14.3. The van der Waals surface area contributed by atoms with Crippen LogP contribution in [0.4, 0.5) is 0 Å². The van der Waals surface area contributed by atoms with Gasteiger partial charge in [0, 0.05) is 12.8 Å². The van der Waals surface area contributed by atoms with E-state index >= 15 is 0 Å². The summed E-state index contributed by atoms with van der Waals surface area (Å²) in [5.41, 5.74) is 9.36. The topological polar surface area (TPSA) is 72.2 Å². The minimum Gasteiger partial charge on any atom is -0.344 e. The molecule has 2 aromatic rings. The van der Waals surface area contributed by atoms with Crippen LogP contribution >= 0.6 is 0 Å². The average molecular weight is 362 g/mol. The molecule has 0 radical (unpaired) electrons. The smallest absolute Gasteiger partial charge is 0.240 e. The molecule has 2 aromatic carbocycles. The fourth-order valence-corrected chi connectivity index (χ4v) is 3.28. The number of carbonyl (C=O) groups is 2. The maximum Gasteiger partial charge on any atom is 0.240 e. The minimum atomic E-state index is -1.03. The molecule has 3 rings (SSSR count). The van der Waals surface area contributed by atoms with Gasteiger partial charge in [0.2, 0.25) is 5.91 Å². The Balaban J connectivity index is 1.80. The summed E-state index contributed by atoms with van der Waals surface area (Å²) in [6.45, 7) is 3.29. The van der Waals surface area contributed by atoms with Crippen molar-refractivity contribution >= 4 is 17.3 Å². The number of rotatable bonds is 7. The summed E-state index contributed by atoms with van der Waals surface area (Å²) in [6, 6.07) is 17.2. The van der Waals surface area contributed by atoms with Gasteiger partial charge in [0.05, 0.1) is 11.6 Å². The first-order chi connectivity index (χ1) is 12.8. The van der Waals surface area contributed by atoms with Gasteiger partial charge in [0.1, 0.15) is 0 Å². The van der Waals surface area contributed by atoms with Crippen molar-refractivity contribution in [3.8, 4) is 0 Å². The quantitative estimate of drug-likeness (QED) is 0.795.